The molecule has 1 atom stereocenters. The zero-order valence-electron chi connectivity index (χ0n) is 9.99. The van der Waals surface area contributed by atoms with Crippen LogP contribution in [0.25, 0.3) is 4.98 Å². The highest BCUT2D eigenvalue weighted by molar-refractivity contribution is 5.22. The molecule has 0 aromatic rings. The molecule has 0 aromatic carbocycles. The molecule has 0 aliphatic carbocycles. The monoisotopic (exact) mass is 247 g/mol. The standard InChI is InChI=1S/C11H16F2N2O2/c1-4-7-8(5-2)11(12,13)9(15-14)10(16)17-6-3/h5,8H,2,4,6-7H2,1,3H3/p+1/b10-9-. The van der Waals surface area contributed by atoms with Crippen LogP contribution in [0.1, 0.15) is 26.7 Å². The molecule has 6 heteroatoms. The maximum Gasteiger partial charge on any atom is 0.509 e. The Bertz CT molecular complexity index is 335. The van der Waals surface area contributed by atoms with Crippen molar-refractivity contribution in [2.75, 3.05) is 6.61 Å². The van der Waals surface area contributed by atoms with Crippen molar-refractivity contribution < 1.29 is 18.6 Å². The Hall–Kier alpha value is -1.64. The summed E-state index contributed by atoms with van der Waals surface area (Å²) in [4.78, 5) is 2.44. The molecule has 1 unspecified atom stereocenters. The predicted octanol–water partition coefficient (Wildman–Crippen LogP) is 3.84. The van der Waals surface area contributed by atoms with Gasteiger partial charge < -0.3 is 9.84 Å². The number of nitrogens with zero attached hydrogens (tertiary/aromatic N) is 2. The molecule has 1 N–H and O–H groups in total. The zero-order chi connectivity index (χ0) is 13.5. The molecule has 0 heterocycles. The van der Waals surface area contributed by atoms with Gasteiger partial charge in [-0.15, -0.1) is 6.58 Å². The van der Waals surface area contributed by atoms with Gasteiger partial charge in [-0.1, -0.05) is 19.4 Å². The second-order valence-corrected chi connectivity index (χ2v) is 3.44. The van der Waals surface area contributed by atoms with Crippen LogP contribution in [-0.2, 0) is 4.74 Å². The molecule has 0 radical (unpaired) electrons. The molecule has 0 rings (SSSR count). The fourth-order valence-electron chi connectivity index (χ4n) is 1.39. The molecule has 0 aromatic heterocycles. The summed E-state index contributed by atoms with van der Waals surface area (Å²) >= 11 is 0. The summed E-state index contributed by atoms with van der Waals surface area (Å²) in [6.07, 6.45) is 1.75. The number of hydrogen-bond donors (Lipinski definition) is 1. The summed E-state index contributed by atoms with van der Waals surface area (Å²) in [7, 11) is 0. The van der Waals surface area contributed by atoms with Crippen molar-refractivity contribution in [3.63, 3.8) is 0 Å². The number of hydrogen-bond acceptors (Lipinski definition) is 3. The predicted molar refractivity (Wildman–Crippen MR) is 59.9 cm³/mol. The lowest BCUT2D eigenvalue weighted by Gasteiger charge is -2.17. The van der Waals surface area contributed by atoms with Crippen LogP contribution in [0.4, 0.5) is 8.78 Å². The Balaban J connectivity index is 5.30. The molecule has 0 fully saturated rings. The Kier molecular flexibility index (Phi) is 6.18. The molecule has 0 spiro atoms. The van der Waals surface area contributed by atoms with E-state index in [0.717, 1.165) is 6.08 Å². The number of aliphatic hydroxyl groups is 1. The average Bonchev–Trinajstić information content (AvgIpc) is 2.26. The highest BCUT2D eigenvalue weighted by Crippen LogP contribution is 2.38. The highest BCUT2D eigenvalue weighted by Gasteiger charge is 2.54. The van der Waals surface area contributed by atoms with Crippen LogP contribution in [0.3, 0.4) is 0 Å². The highest BCUT2D eigenvalue weighted by atomic mass is 19.3. The summed E-state index contributed by atoms with van der Waals surface area (Å²) in [5.41, 5.74) is -1.17. The van der Waals surface area contributed by atoms with Crippen molar-refractivity contribution in [3.05, 3.63) is 29.3 Å². The van der Waals surface area contributed by atoms with Crippen LogP contribution in [0, 0.1) is 11.3 Å². The number of ether oxygens (including phenoxy) is 1. The summed E-state index contributed by atoms with van der Waals surface area (Å²) in [6, 6.07) is 0. The van der Waals surface area contributed by atoms with Crippen molar-refractivity contribution in [1.82, 2.24) is 0 Å². The number of halogens is 2. The van der Waals surface area contributed by atoms with E-state index in [0.29, 0.717) is 6.42 Å². The Morgan fingerprint density at radius 2 is 2.18 bits per heavy atom. The van der Waals surface area contributed by atoms with E-state index in [1.54, 1.807) is 6.92 Å². The van der Waals surface area contributed by atoms with Gasteiger partial charge in [-0.2, -0.15) is 8.78 Å². The van der Waals surface area contributed by atoms with Crippen LogP contribution >= 0.6 is 0 Å². The van der Waals surface area contributed by atoms with Gasteiger partial charge in [-0.25, -0.2) is 0 Å². The first-order valence-corrected chi connectivity index (χ1v) is 5.37. The number of diazo groups is 1. The number of rotatable bonds is 7. The first kappa shape index (κ1) is 15.4. The van der Waals surface area contributed by atoms with Crippen LogP contribution < -0.4 is 0 Å². The van der Waals surface area contributed by atoms with E-state index in [1.165, 1.54) is 6.92 Å². The van der Waals surface area contributed by atoms with Gasteiger partial charge in [0.15, 0.2) is 4.98 Å². The lowest BCUT2D eigenvalue weighted by molar-refractivity contribution is -0.0175. The largest absolute Gasteiger partial charge is 0.509 e. The van der Waals surface area contributed by atoms with Crippen molar-refractivity contribution in [1.29, 1.82) is 5.39 Å². The molecule has 0 saturated carbocycles. The maximum absolute atomic E-state index is 13.9. The Morgan fingerprint density at radius 1 is 1.59 bits per heavy atom. The lowest BCUT2D eigenvalue weighted by Crippen LogP contribution is -2.29. The van der Waals surface area contributed by atoms with Crippen LogP contribution in [0.15, 0.2) is 24.3 Å². The van der Waals surface area contributed by atoms with Gasteiger partial charge in [0.25, 0.3) is 0 Å². The number of aliphatic hydroxyl groups excluding tert-OH is 1. The van der Waals surface area contributed by atoms with E-state index in [9.17, 15) is 13.9 Å². The van der Waals surface area contributed by atoms with E-state index < -0.39 is 23.5 Å². The normalized spacial score (nSPS) is 14.5. The summed E-state index contributed by atoms with van der Waals surface area (Å²) in [5.74, 6) is -5.81. The third-order valence-corrected chi connectivity index (χ3v) is 2.25. The number of alkyl halides is 2. The van der Waals surface area contributed by atoms with Crippen molar-refractivity contribution >= 4 is 0 Å². The summed E-state index contributed by atoms with van der Waals surface area (Å²) in [5, 5.41) is 17.8. The van der Waals surface area contributed by atoms with Crippen LogP contribution in [0.2, 0.25) is 0 Å². The molecule has 0 bridgehead atoms. The number of allylic oxidation sites excluding steroid dienone is 2. The van der Waals surface area contributed by atoms with E-state index in [4.69, 9.17) is 5.39 Å². The van der Waals surface area contributed by atoms with Gasteiger partial charge in [0.2, 0.25) is 5.39 Å². The van der Waals surface area contributed by atoms with E-state index >= 15 is 0 Å². The second-order valence-electron chi connectivity index (χ2n) is 3.44. The lowest BCUT2D eigenvalue weighted by atomic mass is 9.94. The SMILES string of the molecule is C=CC(CCC)C(F)(F)/C([N+]#N)=C(\O)OCC. The molecule has 17 heavy (non-hydrogen) atoms. The minimum atomic E-state index is -3.52. The molecule has 0 saturated heterocycles. The van der Waals surface area contributed by atoms with Gasteiger partial charge in [-0.3, -0.25) is 0 Å². The minimum absolute atomic E-state index is 0.00648. The van der Waals surface area contributed by atoms with E-state index in [1.807, 2.05) is 0 Å². The minimum Gasteiger partial charge on any atom is -0.475 e. The third kappa shape index (κ3) is 3.70. The summed E-state index contributed by atoms with van der Waals surface area (Å²) in [6.45, 7) is 6.57. The zero-order valence-corrected chi connectivity index (χ0v) is 9.99. The Labute approximate surface area is 99.2 Å². The molecule has 0 aliphatic heterocycles. The average molecular weight is 247 g/mol. The van der Waals surface area contributed by atoms with Gasteiger partial charge in [0, 0.05) is 0 Å². The van der Waals surface area contributed by atoms with Crippen LogP contribution in [0.5, 0.6) is 0 Å². The van der Waals surface area contributed by atoms with Crippen molar-refractivity contribution in [2.45, 2.75) is 32.6 Å². The van der Waals surface area contributed by atoms with Gasteiger partial charge >= 0.3 is 17.6 Å². The fourth-order valence-corrected chi connectivity index (χ4v) is 1.39. The quantitative estimate of drug-likeness (QED) is 0.422. The molecule has 0 amide bonds. The van der Waals surface area contributed by atoms with Gasteiger partial charge in [0.1, 0.15) is 0 Å². The maximum atomic E-state index is 13.9. The molecular weight excluding hydrogens is 230 g/mol. The smallest absolute Gasteiger partial charge is 0.475 e. The molecule has 96 valence electrons. The van der Waals surface area contributed by atoms with Gasteiger partial charge in [-0.05, 0) is 13.3 Å². The molecular formula is C11H17F2N2O2+. The fraction of sp³-hybridized carbons (Fsp3) is 0.636. The van der Waals surface area contributed by atoms with E-state index in [2.05, 4.69) is 16.3 Å². The molecule has 4 nitrogen and oxygen atoms in total. The first-order chi connectivity index (χ1) is 7.95. The van der Waals surface area contributed by atoms with Crippen molar-refractivity contribution in [3.8, 4) is 0 Å². The van der Waals surface area contributed by atoms with Crippen LogP contribution in [-0.4, -0.2) is 17.6 Å². The second kappa shape index (κ2) is 6.84. The Morgan fingerprint density at radius 3 is 2.53 bits per heavy atom. The first-order valence-electron chi connectivity index (χ1n) is 5.37. The third-order valence-electron chi connectivity index (χ3n) is 2.25. The molecule has 0 aliphatic rings. The van der Waals surface area contributed by atoms with Crippen molar-refractivity contribution in [2.24, 2.45) is 5.92 Å². The van der Waals surface area contributed by atoms with E-state index in [-0.39, 0.29) is 13.0 Å². The topological polar surface area (TPSA) is 57.6 Å². The summed E-state index contributed by atoms with van der Waals surface area (Å²) < 4.78 is 32.3. The van der Waals surface area contributed by atoms with Gasteiger partial charge in [0.05, 0.1) is 12.5 Å².